The van der Waals surface area contributed by atoms with Crippen molar-refractivity contribution in [2.75, 3.05) is 39.6 Å². The van der Waals surface area contributed by atoms with Gasteiger partial charge in [0.2, 0.25) is 26.0 Å². The largest absolute Gasteiger partial charge is 0.497 e. The van der Waals surface area contributed by atoms with Crippen LogP contribution >= 0.6 is 0 Å². The molecule has 0 saturated carbocycles. The summed E-state index contributed by atoms with van der Waals surface area (Å²) in [7, 11) is -3.03. The molecule has 0 aromatic heterocycles. The van der Waals surface area contributed by atoms with Gasteiger partial charge in [0.15, 0.2) is 0 Å². The van der Waals surface area contributed by atoms with Crippen LogP contribution in [-0.2, 0) is 24.8 Å². The lowest BCUT2D eigenvalue weighted by molar-refractivity contribution is -0.120. The summed E-state index contributed by atoms with van der Waals surface area (Å²) in [6, 6.07) is 10.7. The number of anilines is 1. The number of sulfonamides is 2. The molecule has 0 unspecified atom stereocenters. The first-order valence-corrected chi connectivity index (χ1v) is 13.3. The zero-order valence-electron chi connectivity index (χ0n) is 19.1. The van der Waals surface area contributed by atoms with E-state index in [0.717, 1.165) is 4.31 Å². The van der Waals surface area contributed by atoms with Crippen LogP contribution in [0, 0.1) is 12.8 Å². The summed E-state index contributed by atoms with van der Waals surface area (Å²) in [4.78, 5) is 13.2. The number of hydrogen-bond acceptors (Lipinski definition) is 6. The first kappa shape index (κ1) is 25.2. The molecule has 0 spiro atoms. The molecule has 33 heavy (non-hydrogen) atoms. The first-order chi connectivity index (χ1) is 15.5. The van der Waals surface area contributed by atoms with Crippen LogP contribution in [0.5, 0.6) is 5.75 Å². The quantitative estimate of drug-likeness (QED) is 0.631. The fourth-order valence-corrected chi connectivity index (χ4v) is 6.07. The monoisotopic (exact) mass is 495 g/mol. The summed E-state index contributed by atoms with van der Waals surface area (Å²) >= 11 is 0. The minimum absolute atomic E-state index is 0.0505. The summed E-state index contributed by atoms with van der Waals surface area (Å²) in [5.74, 6) is -0.342. The van der Waals surface area contributed by atoms with Crippen molar-refractivity contribution in [3.63, 3.8) is 0 Å². The van der Waals surface area contributed by atoms with E-state index in [1.807, 2.05) is 0 Å². The average molecular weight is 496 g/mol. The van der Waals surface area contributed by atoms with Gasteiger partial charge < -0.3 is 10.1 Å². The van der Waals surface area contributed by atoms with Gasteiger partial charge in [-0.2, -0.15) is 4.31 Å². The maximum absolute atomic E-state index is 13.1. The first-order valence-electron chi connectivity index (χ1n) is 10.4. The highest BCUT2D eigenvalue weighted by molar-refractivity contribution is 7.89. The second kappa shape index (κ2) is 9.80. The van der Waals surface area contributed by atoms with Gasteiger partial charge in [0, 0.05) is 32.9 Å². The van der Waals surface area contributed by atoms with Crippen molar-refractivity contribution in [2.45, 2.75) is 29.6 Å². The predicted molar refractivity (Wildman–Crippen MR) is 125 cm³/mol. The zero-order valence-corrected chi connectivity index (χ0v) is 20.7. The van der Waals surface area contributed by atoms with Crippen LogP contribution in [0.15, 0.2) is 52.3 Å². The van der Waals surface area contributed by atoms with Gasteiger partial charge in [-0.15, -0.1) is 0 Å². The van der Waals surface area contributed by atoms with E-state index in [1.54, 1.807) is 25.1 Å². The van der Waals surface area contributed by atoms with E-state index in [-0.39, 0.29) is 22.2 Å². The molecule has 1 N–H and O–H groups in total. The van der Waals surface area contributed by atoms with E-state index < -0.39 is 26.0 Å². The third-order valence-corrected chi connectivity index (χ3v) is 9.39. The number of carbonyl (C=O) groups excluding carboxylic acids is 1. The van der Waals surface area contributed by atoms with E-state index in [4.69, 9.17) is 4.74 Å². The van der Waals surface area contributed by atoms with Crippen LogP contribution < -0.4 is 10.1 Å². The van der Waals surface area contributed by atoms with Crippen molar-refractivity contribution in [1.82, 2.24) is 8.61 Å². The minimum atomic E-state index is -3.76. The predicted octanol–water partition coefficient (Wildman–Crippen LogP) is 2.29. The molecule has 1 amide bonds. The Hall–Kier alpha value is -2.47. The lowest BCUT2D eigenvalue weighted by atomic mass is 9.98. The van der Waals surface area contributed by atoms with E-state index in [1.165, 1.54) is 49.8 Å². The summed E-state index contributed by atoms with van der Waals surface area (Å²) in [6.07, 6.45) is 1.08. The van der Waals surface area contributed by atoms with Gasteiger partial charge in [0.05, 0.1) is 22.8 Å². The molecule has 1 aliphatic rings. The molecule has 0 bridgehead atoms. The number of rotatable bonds is 7. The highest BCUT2D eigenvalue weighted by Gasteiger charge is 2.33. The van der Waals surface area contributed by atoms with E-state index in [0.29, 0.717) is 36.4 Å². The molecule has 0 radical (unpaired) electrons. The summed E-state index contributed by atoms with van der Waals surface area (Å²) in [5.41, 5.74) is 1.10. The van der Waals surface area contributed by atoms with Crippen molar-refractivity contribution in [3.8, 4) is 5.75 Å². The molecular formula is C22H29N3O6S2. The number of aryl methyl sites for hydroxylation is 1. The van der Waals surface area contributed by atoms with Crippen LogP contribution in [0.25, 0.3) is 0 Å². The molecule has 2 aromatic carbocycles. The Morgan fingerprint density at radius 2 is 1.70 bits per heavy atom. The van der Waals surface area contributed by atoms with Gasteiger partial charge in [-0.25, -0.2) is 21.1 Å². The summed E-state index contributed by atoms with van der Waals surface area (Å²) in [5, 5.41) is 2.80. The number of benzene rings is 2. The van der Waals surface area contributed by atoms with Crippen LogP contribution in [0.2, 0.25) is 0 Å². The molecule has 180 valence electrons. The fourth-order valence-electron chi connectivity index (χ4n) is 3.61. The fraction of sp³-hybridized carbons (Fsp3) is 0.409. The van der Waals surface area contributed by atoms with E-state index in [9.17, 15) is 21.6 Å². The summed E-state index contributed by atoms with van der Waals surface area (Å²) in [6.45, 7) is 2.14. The van der Waals surface area contributed by atoms with Crippen LogP contribution in [0.3, 0.4) is 0 Å². The highest BCUT2D eigenvalue weighted by atomic mass is 32.2. The second-order valence-electron chi connectivity index (χ2n) is 8.13. The molecule has 9 nitrogen and oxygen atoms in total. The lowest BCUT2D eigenvalue weighted by Gasteiger charge is -2.31. The van der Waals surface area contributed by atoms with Gasteiger partial charge in [0.1, 0.15) is 5.75 Å². The number of methoxy groups -OCH3 is 1. The van der Waals surface area contributed by atoms with Gasteiger partial charge in [-0.3, -0.25) is 4.79 Å². The van der Waals surface area contributed by atoms with Gasteiger partial charge in [-0.05, 0) is 61.7 Å². The van der Waals surface area contributed by atoms with Crippen molar-refractivity contribution in [1.29, 1.82) is 0 Å². The Bertz CT molecular complexity index is 1230. The Labute approximate surface area is 195 Å². The Morgan fingerprint density at radius 1 is 1.06 bits per heavy atom. The topological polar surface area (TPSA) is 113 Å². The smallest absolute Gasteiger partial charge is 0.243 e. The van der Waals surface area contributed by atoms with Crippen LogP contribution in [-0.4, -0.2) is 65.6 Å². The van der Waals surface area contributed by atoms with E-state index in [2.05, 4.69) is 5.32 Å². The van der Waals surface area contributed by atoms with Gasteiger partial charge in [-0.1, -0.05) is 6.07 Å². The molecule has 2 aromatic rings. The number of ether oxygens (including phenoxy) is 1. The second-order valence-corrected chi connectivity index (χ2v) is 12.2. The van der Waals surface area contributed by atoms with Crippen molar-refractivity contribution in [3.05, 3.63) is 48.0 Å². The van der Waals surface area contributed by atoms with Gasteiger partial charge >= 0.3 is 0 Å². The van der Waals surface area contributed by atoms with Crippen molar-refractivity contribution >= 4 is 31.6 Å². The number of carbonyl (C=O) groups is 1. The molecule has 1 aliphatic heterocycles. The highest BCUT2D eigenvalue weighted by Crippen LogP contribution is 2.27. The summed E-state index contributed by atoms with van der Waals surface area (Å²) < 4.78 is 58.5. The number of amides is 1. The molecule has 1 saturated heterocycles. The van der Waals surface area contributed by atoms with Crippen LogP contribution in [0.1, 0.15) is 18.4 Å². The number of hydrogen-bond donors (Lipinski definition) is 1. The number of nitrogens with one attached hydrogen (secondary N) is 1. The zero-order chi connectivity index (χ0) is 24.4. The lowest BCUT2D eigenvalue weighted by Crippen LogP contribution is -2.43. The molecular weight excluding hydrogens is 466 g/mol. The molecule has 1 atom stereocenters. The normalized spacial score (nSPS) is 17.7. The number of nitrogens with zero attached hydrogens (tertiary/aromatic N) is 2. The standard InChI is InChI=1S/C22H29N3O6S2/c1-16-7-10-20(32(27,28)24(2)3)14-21(16)23-22(26)17-6-5-13-25(15-17)33(29,30)19-11-8-18(31-4)9-12-19/h7-12,14,17H,5-6,13,15H2,1-4H3,(H,23,26)/t17-/m1/s1. The maximum atomic E-state index is 13.1. The number of piperidine rings is 1. The molecule has 1 fully saturated rings. The molecule has 1 heterocycles. The van der Waals surface area contributed by atoms with Crippen LogP contribution in [0.4, 0.5) is 5.69 Å². The molecule has 0 aliphatic carbocycles. The van der Waals surface area contributed by atoms with Crippen molar-refractivity contribution in [2.24, 2.45) is 5.92 Å². The Kier molecular flexibility index (Phi) is 7.47. The Morgan fingerprint density at radius 3 is 2.30 bits per heavy atom. The molecule has 3 rings (SSSR count). The average Bonchev–Trinajstić information content (AvgIpc) is 2.80. The third-order valence-electron chi connectivity index (χ3n) is 5.70. The van der Waals surface area contributed by atoms with Crippen molar-refractivity contribution < 1.29 is 26.4 Å². The molecule has 11 heteroatoms. The maximum Gasteiger partial charge on any atom is 0.243 e. The Balaban J connectivity index is 1.77. The van der Waals surface area contributed by atoms with Gasteiger partial charge in [0.25, 0.3) is 0 Å². The SMILES string of the molecule is COc1ccc(S(=O)(=O)N2CCC[C@@H](C(=O)Nc3cc(S(=O)(=O)N(C)C)ccc3C)C2)cc1. The van der Waals surface area contributed by atoms with E-state index >= 15 is 0 Å². The minimum Gasteiger partial charge on any atom is -0.497 e. The third kappa shape index (κ3) is 5.37.